The molecule has 158 valence electrons. The molecule has 3 aromatic rings. The molecule has 10 heteroatoms. The van der Waals surface area contributed by atoms with Gasteiger partial charge in [-0.25, -0.2) is 9.97 Å². The first-order valence-electron chi connectivity index (χ1n) is 10.1. The molecule has 1 amide bonds. The molecule has 5 rings (SSSR count). The number of hydrogen-bond donors (Lipinski definition) is 0. The van der Waals surface area contributed by atoms with Crippen LogP contribution in [-0.4, -0.2) is 51.6 Å². The number of thiophene rings is 1. The van der Waals surface area contributed by atoms with Crippen molar-refractivity contribution in [3.05, 3.63) is 38.6 Å². The molecule has 0 aromatic carbocycles. The number of nitrogens with zero attached hydrogens (tertiary/aromatic N) is 4. The number of thioether (sulfide) groups is 1. The summed E-state index contributed by atoms with van der Waals surface area (Å²) in [6, 6.07) is 0. The van der Waals surface area contributed by atoms with E-state index >= 15 is 0 Å². The Bertz CT molecular complexity index is 1160. The average Bonchev–Trinajstić information content (AvgIpc) is 3.40. The summed E-state index contributed by atoms with van der Waals surface area (Å²) < 4.78 is 12.4. The lowest BCUT2D eigenvalue weighted by Gasteiger charge is -2.25. The lowest BCUT2D eigenvalue weighted by atomic mass is 9.97. The molecule has 0 atom stereocenters. The van der Waals surface area contributed by atoms with Gasteiger partial charge in [-0.2, -0.15) is 0 Å². The number of hydrogen-bond acceptors (Lipinski definition) is 8. The number of fused-ring (bicyclic) bond motifs is 3. The third-order valence-electron chi connectivity index (χ3n) is 5.55. The Balaban J connectivity index is 1.34. The van der Waals surface area contributed by atoms with E-state index in [0.717, 1.165) is 29.5 Å². The maximum Gasteiger partial charge on any atom is 0.275 e. The van der Waals surface area contributed by atoms with E-state index in [1.54, 1.807) is 27.9 Å². The topological polar surface area (TPSA) is 90.5 Å². The maximum atomic E-state index is 13.0. The zero-order valence-corrected chi connectivity index (χ0v) is 18.3. The average molecular weight is 447 g/mol. The van der Waals surface area contributed by atoms with Crippen LogP contribution in [0.4, 0.5) is 0 Å². The third kappa shape index (κ3) is 3.57. The molecule has 0 spiro atoms. The van der Waals surface area contributed by atoms with Crippen molar-refractivity contribution in [2.45, 2.75) is 36.6 Å². The summed E-state index contributed by atoms with van der Waals surface area (Å²) in [4.78, 5) is 38.4. The number of aryl methyl sites for hydroxylation is 2. The van der Waals surface area contributed by atoms with Crippen LogP contribution in [0.2, 0.25) is 0 Å². The first-order chi connectivity index (χ1) is 14.6. The SMILES string of the molecule is Cn1c(SCc2nc(C(=O)N3CCOCC3)co2)nc2sc3c(c2c1=O)CCCC3. The minimum atomic E-state index is -0.144. The van der Waals surface area contributed by atoms with Crippen LogP contribution in [0.5, 0.6) is 0 Å². The molecule has 0 radical (unpaired) electrons. The monoisotopic (exact) mass is 446 g/mol. The van der Waals surface area contributed by atoms with Crippen LogP contribution in [-0.2, 0) is 30.4 Å². The first-order valence-corrected chi connectivity index (χ1v) is 11.9. The van der Waals surface area contributed by atoms with Gasteiger partial charge in [0.25, 0.3) is 11.5 Å². The largest absolute Gasteiger partial charge is 0.447 e. The van der Waals surface area contributed by atoms with Crippen molar-refractivity contribution in [1.29, 1.82) is 0 Å². The molecule has 1 saturated heterocycles. The van der Waals surface area contributed by atoms with E-state index in [0.29, 0.717) is 48.8 Å². The molecular formula is C20H22N4O4S2. The fourth-order valence-corrected chi connectivity index (χ4v) is 6.05. The van der Waals surface area contributed by atoms with Gasteiger partial charge in [0.15, 0.2) is 10.9 Å². The van der Waals surface area contributed by atoms with Gasteiger partial charge in [-0.15, -0.1) is 11.3 Å². The molecule has 4 heterocycles. The van der Waals surface area contributed by atoms with E-state index in [9.17, 15) is 9.59 Å². The summed E-state index contributed by atoms with van der Waals surface area (Å²) in [5, 5.41) is 1.42. The fraction of sp³-hybridized carbons (Fsp3) is 0.500. The van der Waals surface area contributed by atoms with Crippen molar-refractivity contribution >= 4 is 39.2 Å². The first kappa shape index (κ1) is 19.8. The smallest absolute Gasteiger partial charge is 0.275 e. The Morgan fingerprint density at radius 2 is 2.03 bits per heavy atom. The van der Waals surface area contributed by atoms with Crippen molar-refractivity contribution in [3.8, 4) is 0 Å². The Hall–Kier alpha value is -2.17. The molecule has 8 nitrogen and oxygen atoms in total. The Morgan fingerprint density at radius 3 is 2.87 bits per heavy atom. The number of carbonyl (C=O) groups is 1. The normalized spacial score (nSPS) is 16.8. The van der Waals surface area contributed by atoms with Gasteiger partial charge in [-0.05, 0) is 31.2 Å². The van der Waals surface area contributed by atoms with Crippen LogP contribution < -0.4 is 5.56 Å². The van der Waals surface area contributed by atoms with Crippen molar-refractivity contribution in [3.63, 3.8) is 0 Å². The minimum absolute atomic E-state index is 0.0116. The van der Waals surface area contributed by atoms with E-state index in [1.165, 1.54) is 34.9 Å². The number of amides is 1. The summed E-state index contributed by atoms with van der Waals surface area (Å²) in [5.74, 6) is 0.693. The number of ether oxygens (including phenoxy) is 1. The van der Waals surface area contributed by atoms with Gasteiger partial charge in [0, 0.05) is 25.0 Å². The maximum absolute atomic E-state index is 13.0. The lowest BCUT2D eigenvalue weighted by Crippen LogP contribution is -2.40. The highest BCUT2D eigenvalue weighted by Crippen LogP contribution is 2.34. The summed E-state index contributed by atoms with van der Waals surface area (Å²) in [5.41, 5.74) is 1.51. The molecule has 2 aliphatic rings. The number of rotatable bonds is 4. The molecule has 30 heavy (non-hydrogen) atoms. The predicted molar refractivity (Wildman–Crippen MR) is 114 cm³/mol. The number of carbonyl (C=O) groups excluding carboxylic acids is 1. The van der Waals surface area contributed by atoms with Crippen molar-refractivity contribution < 1.29 is 13.9 Å². The van der Waals surface area contributed by atoms with Crippen molar-refractivity contribution in [2.75, 3.05) is 26.3 Å². The van der Waals surface area contributed by atoms with Gasteiger partial charge in [0.2, 0.25) is 5.89 Å². The van der Waals surface area contributed by atoms with Crippen molar-refractivity contribution in [2.24, 2.45) is 7.05 Å². The highest BCUT2D eigenvalue weighted by atomic mass is 32.2. The zero-order valence-electron chi connectivity index (χ0n) is 16.7. The minimum Gasteiger partial charge on any atom is -0.447 e. The summed E-state index contributed by atoms with van der Waals surface area (Å²) >= 11 is 3.04. The Kier molecular flexibility index (Phi) is 5.38. The van der Waals surface area contributed by atoms with Gasteiger partial charge in [0.05, 0.1) is 24.4 Å². The molecular weight excluding hydrogens is 424 g/mol. The van der Waals surface area contributed by atoms with Crippen LogP contribution in [0.1, 0.15) is 39.7 Å². The molecule has 0 unspecified atom stereocenters. The highest BCUT2D eigenvalue weighted by Gasteiger charge is 2.23. The zero-order chi connectivity index (χ0) is 20.7. The third-order valence-corrected chi connectivity index (χ3v) is 7.75. The lowest BCUT2D eigenvalue weighted by molar-refractivity contribution is 0.0299. The van der Waals surface area contributed by atoms with Gasteiger partial charge >= 0.3 is 0 Å². The molecule has 1 aliphatic carbocycles. The number of aromatic nitrogens is 3. The Labute approximate surface area is 181 Å². The molecule has 1 aliphatic heterocycles. The van der Waals surface area contributed by atoms with Crippen LogP contribution in [0.25, 0.3) is 10.2 Å². The van der Waals surface area contributed by atoms with Gasteiger partial charge < -0.3 is 14.1 Å². The van der Waals surface area contributed by atoms with E-state index in [4.69, 9.17) is 14.1 Å². The molecule has 0 saturated carbocycles. The van der Waals surface area contributed by atoms with Crippen LogP contribution in [0.3, 0.4) is 0 Å². The summed E-state index contributed by atoms with van der Waals surface area (Å²) in [6.45, 7) is 2.21. The second kappa shape index (κ2) is 8.16. The Morgan fingerprint density at radius 1 is 1.23 bits per heavy atom. The quantitative estimate of drug-likeness (QED) is 0.449. The van der Waals surface area contributed by atoms with E-state index in [2.05, 4.69) is 4.98 Å². The second-order valence-corrected chi connectivity index (χ2v) is 9.50. The second-order valence-electron chi connectivity index (χ2n) is 7.47. The van der Waals surface area contributed by atoms with Crippen LogP contribution in [0, 0.1) is 0 Å². The van der Waals surface area contributed by atoms with E-state index < -0.39 is 0 Å². The van der Waals surface area contributed by atoms with Crippen LogP contribution in [0.15, 0.2) is 20.6 Å². The standard InChI is InChI=1S/C20H22N4O4S2/c1-23-19(26)16-12-4-2-3-5-14(12)30-17(16)22-20(23)29-11-15-21-13(10-28-15)18(25)24-6-8-27-9-7-24/h10H,2-9,11H2,1H3. The van der Waals surface area contributed by atoms with Crippen LogP contribution >= 0.6 is 23.1 Å². The van der Waals surface area contributed by atoms with Gasteiger partial charge in [-0.1, -0.05) is 11.8 Å². The summed E-state index contributed by atoms with van der Waals surface area (Å²) in [7, 11) is 1.76. The van der Waals surface area contributed by atoms with E-state index in [-0.39, 0.29) is 11.5 Å². The number of morpholine rings is 1. The highest BCUT2D eigenvalue weighted by molar-refractivity contribution is 7.98. The molecule has 1 fully saturated rings. The molecule has 0 bridgehead atoms. The summed E-state index contributed by atoms with van der Waals surface area (Å²) in [6.07, 6.45) is 5.72. The van der Waals surface area contributed by atoms with Crippen molar-refractivity contribution in [1.82, 2.24) is 19.4 Å². The number of oxazole rings is 1. The fourth-order valence-electron chi connectivity index (χ4n) is 3.93. The molecule has 0 N–H and O–H groups in total. The van der Waals surface area contributed by atoms with Gasteiger partial charge in [-0.3, -0.25) is 14.2 Å². The predicted octanol–water partition coefficient (Wildman–Crippen LogP) is 2.63. The molecule has 3 aromatic heterocycles. The van der Waals surface area contributed by atoms with E-state index in [1.807, 2.05) is 0 Å². The van der Waals surface area contributed by atoms with Gasteiger partial charge in [0.1, 0.15) is 11.1 Å².